The standard InChI is InChI=1S/C42H59N5O12/c1-26-20-31-37(45-14-16-57-18-19-58-17-15-47(25-36(49)50)24-30-11-7-8-13-44-30)33(48)23-32(39(31)52)46-41(53)27(2)10-9-12-34(55-5)40(59-42(43)54)29(4)22-28(3)38(51)35(21-26)56-6/h7-13,22-23,26,28,34-35,38,40,45,51H,14-21,24-25H2,1-6H3,(H2,43,54)(H,46,53)(H,49,50)/b12-9-,27-10+,29-22+/t26-,28+,34+,35+,38-,40+/m1/s1. The molecule has 1 aromatic heterocycles. The zero-order valence-corrected chi connectivity index (χ0v) is 34.7. The number of nitrogens with two attached hydrogens (primary N) is 1. The normalized spacial score (nSPS) is 26.0. The van der Waals surface area contributed by atoms with Gasteiger partial charge in [-0.1, -0.05) is 44.2 Å². The van der Waals surface area contributed by atoms with Crippen molar-refractivity contribution in [3.8, 4) is 0 Å². The van der Waals surface area contributed by atoms with Gasteiger partial charge in [-0.05, 0) is 50.3 Å². The highest BCUT2D eigenvalue weighted by molar-refractivity contribution is 6.23. The maximum atomic E-state index is 14.0. The fourth-order valence-electron chi connectivity index (χ4n) is 6.67. The number of ketones is 2. The van der Waals surface area contributed by atoms with Gasteiger partial charge >= 0.3 is 12.1 Å². The number of allylic oxidation sites excluding steroid dienone is 4. The van der Waals surface area contributed by atoms with Crippen molar-refractivity contribution in [3.63, 3.8) is 0 Å². The molecule has 2 heterocycles. The van der Waals surface area contributed by atoms with E-state index in [0.717, 1.165) is 11.8 Å². The largest absolute Gasteiger partial charge is 0.480 e. The number of fused-ring (bicyclic) bond motifs is 2. The van der Waals surface area contributed by atoms with Gasteiger partial charge in [-0.15, -0.1) is 0 Å². The van der Waals surface area contributed by atoms with E-state index in [-0.39, 0.29) is 74.4 Å². The molecule has 17 heteroatoms. The summed E-state index contributed by atoms with van der Waals surface area (Å²) in [7, 11) is 2.89. The average molecular weight is 826 g/mol. The lowest BCUT2D eigenvalue weighted by atomic mass is 9.85. The number of nitrogens with zero attached hydrogens (tertiary/aromatic N) is 2. The number of carboxylic acids is 1. The van der Waals surface area contributed by atoms with Crippen molar-refractivity contribution >= 4 is 29.5 Å². The smallest absolute Gasteiger partial charge is 0.405 e. The molecule has 1 aliphatic carbocycles. The number of carboxylic acid groups (broad SMARTS) is 1. The van der Waals surface area contributed by atoms with Crippen molar-refractivity contribution in [3.05, 3.63) is 88.6 Å². The summed E-state index contributed by atoms with van der Waals surface area (Å²) in [5.41, 5.74) is 6.98. The van der Waals surface area contributed by atoms with E-state index in [2.05, 4.69) is 15.6 Å². The Bertz CT molecular complexity index is 1760. The summed E-state index contributed by atoms with van der Waals surface area (Å²) in [5, 5.41) is 26.3. The number of hydrogen-bond donors (Lipinski definition) is 5. The topological polar surface area (TPSA) is 238 Å². The number of pyridine rings is 1. The maximum Gasteiger partial charge on any atom is 0.405 e. The van der Waals surface area contributed by atoms with Crippen molar-refractivity contribution in [2.75, 3.05) is 60.3 Å². The second-order valence-electron chi connectivity index (χ2n) is 14.5. The number of rotatable bonds is 17. The molecule has 2 aliphatic rings. The molecule has 2 amide bonds. The molecule has 0 unspecified atom stereocenters. The summed E-state index contributed by atoms with van der Waals surface area (Å²) < 4.78 is 28.1. The number of methoxy groups -OCH3 is 2. The van der Waals surface area contributed by atoms with Crippen LogP contribution in [0.25, 0.3) is 0 Å². The van der Waals surface area contributed by atoms with Gasteiger partial charge in [0.1, 0.15) is 6.10 Å². The van der Waals surface area contributed by atoms with Crippen molar-refractivity contribution in [1.82, 2.24) is 20.5 Å². The van der Waals surface area contributed by atoms with Crippen LogP contribution in [0.1, 0.15) is 46.2 Å². The third-order valence-corrected chi connectivity index (χ3v) is 9.74. The van der Waals surface area contributed by atoms with Crippen LogP contribution < -0.4 is 16.4 Å². The molecule has 0 saturated heterocycles. The highest BCUT2D eigenvalue weighted by atomic mass is 16.6. The molecule has 59 heavy (non-hydrogen) atoms. The van der Waals surface area contributed by atoms with E-state index in [4.69, 9.17) is 29.4 Å². The number of aliphatic hydroxyl groups is 1. The number of ether oxygens (including phenoxy) is 5. The molecule has 0 spiro atoms. The van der Waals surface area contributed by atoms with Crippen molar-refractivity contribution in [2.24, 2.45) is 17.6 Å². The highest BCUT2D eigenvalue weighted by Crippen LogP contribution is 2.29. The molecular formula is C42H59N5O12. The lowest BCUT2D eigenvalue weighted by molar-refractivity contribution is -0.138. The third-order valence-electron chi connectivity index (χ3n) is 9.74. The molecule has 0 saturated carbocycles. The van der Waals surface area contributed by atoms with Gasteiger partial charge in [0.2, 0.25) is 11.6 Å². The number of amides is 2. The fourth-order valence-corrected chi connectivity index (χ4v) is 6.67. The van der Waals surface area contributed by atoms with Crippen LogP contribution in [0.3, 0.4) is 0 Å². The van der Waals surface area contributed by atoms with Crippen LogP contribution in [0.15, 0.2) is 82.9 Å². The summed E-state index contributed by atoms with van der Waals surface area (Å²) in [5.74, 6) is -3.38. The first-order valence-corrected chi connectivity index (χ1v) is 19.5. The van der Waals surface area contributed by atoms with E-state index < -0.39 is 59.9 Å². The molecule has 324 valence electrons. The molecule has 3 rings (SSSR count). The Morgan fingerprint density at radius 3 is 2.42 bits per heavy atom. The predicted molar refractivity (Wildman–Crippen MR) is 216 cm³/mol. The quantitative estimate of drug-likeness (QED) is 0.0861. The third kappa shape index (κ3) is 15.9. The first kappa shape index (κ1) is 48.3. The second-order valence-corrected chi connectivity index (χ2v) is 14.5. The van der Waals surface area contributed by atoms with Gasteiger partial charge in [0.25, 0.3) is 5.91 Å². The molecule has 1 aliphatic heterocycles. The second kappa shape index (κ2) is 24.8. The van der Waals surface area contributed by atoms with E-state index in [1.807, 2.05) is 19.1 Å². The minimum absolute atomic E-state index is 0.0831. The number of carbonyl (C=O) groups excluding carboxylic acids is 4. The van der Waals surface area contributed by atoms with E-state index >= 15 is 0 Å². The molecule has 1 aromatic rings. The Balaban J connectivity index is 1.73. The van der Waals surface area contributed by atoms with Crippen LogP contribution in [0, 0.1) is 11.8 Å². The number of aliphatic hydroxyl groups excluding tert-OH is 1. The summed E-state index contributed by atoms with van der Waals surface area (Å²) in [6, 6.07) is 5.46. The molecule has 6 N–H and O–H groups in total. The fraction of sp³-hybridized carbons (Fsp3) is 0.524. The zero-order valence-electron chi connectivity index (χ0n) is 34.7. The van der Waals surface area contributed by atoms with Gasteiger partial charge in [-0.3, -0.25) is 29.1 Å². The summed E-state index contributed by atoms with van der Waals surface area (Å²) in [6.45, 7) is 8.60. The van der Waals surface area contributed by atoms with Crippen LogP contribution >= 0.6 is 0 Å². The number of carbonyl (C=O) groups is 5. The van der Waals surface area contributed by atoms with Crippen molar-refractivity contribution in [2.45, 2.75) is 71.5 Å². The molecular weight excluding hydrogens is 766 g/mol. The number of aromatic nitrogens is 1. The molecule has 17 nitrogen and oxygen atoms in total. The number of hydrogen-bond acceptors (Lipinski definition) is 14. The highest BCUT2D eigenvalue weighted by Gasteiger charge is 2.33. The van der Waals surface area contributed by atoms with Crippen LogP contribution in [-0.4, -0.2) is 134 Å². The van der Waals surface area contributed by atoms with Gasteiger partial charge in [0, 0.05) is 63.2 Å². The van der Waals surface area contributed by atoms with Crippen molar-refractivity contribution < 1.29 is 57.9 Å². The number of aliphatic carboxylic acids is 1. The van der Waals surface area contributed by atoms with E-state index in [1.54, 1.807) is 43.2 Å². The predicted octanol–water partition coefficient (Wildman–Crippen LogP) is 2.37. The average Bonchev–Trinajstić information content (AvgIpc) is 3.19. The Morgan fingerprint density at radius 1 is 1.05 bits per heavy atom. The van der Waals surface area contributed by atoms with Gasteiger partial charge in [0.05, 0.1) is 62.3 Å². The minimum Gasteiger partial charge on any atom is -0.480 e. The van der Waals surface area contributed by atoms with Gasteiger partial charge in [-0.2, -0.15) is 0 Å². The van der Waals surface area contributed by atoms with Gasteiger partial charge < -0.3 is 50.3 Å². The Kier molecular flexibility index (Phi) is 20.3. The first-order valence-electron chi connectivity index (χ1n) is 19.5. The lowest BCUT2D eigenvalue weighted by Crippen LogP contribution is -2.38. The number of primary amides is 1. The zero-order chi connectivity index (χ0) is 43.5. The van der Waals surface area contributed by atoms with E-state index in [1.165, 1.54) is 33.3 Å². The van der Waals surface area contributed by atoms with Crippen LogP contribution in [-0.2, 0) is 49.4 Å². The Morgan fingerprint density at radius 2 is 1.78 bits per heavy atom. The molecule has 0 aromatic carbocycles. The maximum absolute atomic E-state index is 14.0. The van der Waals surface area contributed by atoms with Crippen molar-refractivity contribution in [1.29, 1.82) is 0 Å². The molecule has 6 atom stereocenters. The first-order chi connectivity index (χ1) is 28.1. The molecule has 0 fully saturated rings. The monoisotopic (exact) mass is 825 g/mol. The Labute approximate surface area is 345 Å². The number of Topliss-reactive ketones (excluding diaryl/α,β-unsaturated/α-hetero) is 1. The SMILES string of the molecule is CO[C@H]1/C=C\C=C(/C)C(=O)NC2=CC(=O)C(NCCOCCOCCN(CC(=O)O)Cc3ccccn3)=C(C[C@@H](C)C[C@H](OC)[C@H](O)[C@@H](C)/C=C(\C)[C@@H]1OC(N)=O)C2=O. The van der Waals surface area contributed by atoms with Gasteiger partial charge in [-0.25, -0.2) is 4.79 Å². The Hall–Kier alpha value is -5.04. The summed E-state index contributed by atoms with van der Waals surface area (Å²) in [4.78, 5) is 69.9. The van der Waals surface area contributed by atoms with Crippen LogP contribution in [0.4, 0.5) is 4.79 Å². The number of nitrogens with one attached hydrogen (secondary N) is 2. The van der Waals surface area contributed by atoms with Crippen LogP contribution in [0.2, 0.25) is 0 Å². The van der Waals surface area contributed by atoms with Crippen LogP contribution in [0.5, 0.6) is 0 Å². The lowest BCUT2D eigenvalue weighted by Gasteiger charge is -2.30. The minimum atomic E-state index is -1.02. The van der Waals surface area contributed by atoms with Gasteiger partial charge in [0.15, 0.2) is 6.10 Å². The molecule has 2 bridgehead atoms. The molecule has 0 radical (unpaired) electrons. The summed E-state index contributed by atoms with van der Waals surface area (Å²) in [6.07, 6.45) is 5.00. The summed E-state index contributed by atoms with van der Waals surface area (Å²) >= 11 is 0. The van der Waals surface area contributed by atoms with E-state index in [9.17, 15) is 34.2 Å². The van der Waals surface area contributed by atoms with E-state index in [0.29, 0.717) is 25.1 Å².